The van der Waals surface area contributed by atoms with Crippen LogP contribution in [0.4, 0.5) is 21.9 Å². The Morgan fingerprint density at radius 3 is 1.84 bits per heavy atom. The van der Waals surface area contributed by atoms with E-state index in [0.717, 1.165) is 64.1 Å². The van der Waals surface area contributed by atoms with Gasteiger partial charge in [0.05, 0.1) is 23.6 Å². The molecule has 2 heterocycles. The van der Waals surface area contributed by atoms with E-state index in [1.165, 1.54) is 0 Å². The van der Waals surface area contributed by atoms with Crippen LogP contribution >= 0.6 is 0 Å². The second kappa shape index (κ2) is 19.7. The number of aryl methyl sites for hydroxylation is 2. The van der Waals surface area contributed by atoms with E-state index in [1.54, 1.807) is 9.80 Å². The molecule has 0 aliphatic carbocycles. The lowest BCUT2D eigenvalue weighted by atomic mass is 10.0. The van der Waals surface area contributed by atoms with Gasteiger partial charge in [-0.15, -0.1) is 0 Å². The van der Waals surface area contributed by atoms with Gasteiger partial charge < -0.3 is 24.8 Å². The van der Waals surface area contributed by atoms with Crippen LogP contribution in [0.3, 0.4) is 0 Å². The van der Waals surface area contributed by atoms with E-state index in [4.69, 9.17) is 4.74 Å². The van der Waals surface area contributed by atoms with Crippen molar-refractivity contribution >= 4 is 40.9 Å². The van der Waals surface area contributed by atoms with Crippen molar-refractivity contribution in [2.24, 2.45) is 10.2 Å². The van der Waals surface area contributed by atoms with E-state index in [2.05, 4.69) is 27.4 Å². The standard InChI is InChI=1S/C47H52N6O5/c1-47(2,3)58-46(57)52-32-30-51(31-33-52)44(55)17-9-11-36-20-26-41(27-21-36)50-49-40-24-18-35(19-25-40)10-8-16-43(54)48-29-28-45(56)53-34-39-14-5-4-12-37(39)22-23-38-13-6-7-15-42(38)53/h4-7,12-15,18-21,24-27H,8-11,16-17,28-34H2,1-3H3,(H,48,54). The van der Waals surface area contributed by atoms with Crippen LogP contribution in [0, 0.1) is 11.8 Å². The number of ether oxygens (including phenoxy) is 1. The lowest BCUT2D eigenvalue weighted by molar-refractivity contribution is -0.133. The van der Waals surface area contributed by atoms with E-state index < -0.39 is 5.60 Å². The summed E-state index contributed by atoms with van der Waals surface area (Å²) < 4.78 is 5.45. The number of piperazine rings is 1. The van der Waals surface area contributed by atoms with Gasteiger partial charge in [0.1, 0.15) is 5.60 Å². The van der Waals surface area contributed by atoms with Crippen molar-refractivity contribution in [2.75, 3.05) is 37.6 Å². The van der Waals surface area contributed by atoms with Crippen molar-refractivity contribution < 1.29 is 23.9 Å². The molecular weight excluding hydrogens is 729 g/mol. The zero-order valence-corrected chi connectivity index (χ0v) is 33.7. The molecule has 11 heteroatoms. The maximum absolute atomic E-state index is 13.4. The quantitative estimate of drug-likeness (QED) is 0.108. The summed E-state index contributed by atoms with van der Waals surface area (Å²) in [7, 11) is 0. The number of para-hydroxylation sites is 1. The van der Waals surface area contributed by atoms with Crippen molar-refractivity contribution in [3.63, 3.8) is 0 Å². The molecule has 0 saturated carbocycles. The maximum atomic E-state index is 13.4. The summed E-state index contributed by atoms with van der Waals surface area (Å²) in [5, 5.41) is 11.7. The van der Waals surface area contributed by atoms with E-state index in [-0.39, 0.29) is 36.8 Å². The SMILES string of the molecule is CC(C)(C)OC(=O)N1CCN(C(=O)CCCc2ccc(N=Nc3ccc(CCCC(=O)NCCC(=O)N4Cc5ccccc5C#Cc5ccccc54)cc3)cc2)CC1. The van der Waals surface area contributed by atoms with Crippen LogP contribution in [-0.2, 0) is 38.5 Å². The molecule has 0 unspecified atom stereocenters. The maximum Gasteiger partial charge on any atom is 0.410 e. The highest BCUT2D eigenvalue weighted by Crippen LogP contribution is 2.26. The van der Waals surface area contributed by atoms with Crippen LogP contribution in [0.25, 0.3) is 0 Å². The number of azo groups is 1. The van der Waals surface area contributed by atoms with Crippen LogP contribution in [0.5, 0.6) is 0 Å². The van der Waals surface area contributed by atoms with Gasteiger partial charge in [0.15, 0.2) is 0 Å². The number of nitrogens with zero attached hydrogens (tertiary/aromatic N) is 5. The molecule has 1 N–H and O–H groups in total. The summed E-state index contributed by atoms with van der Waals surface area (Å²) in [5.74, 6) is 6.42. The Morgan fingerprint density at radius 2 is 1.21 bits per heavy atom. The van der Waals surface area contributed by atoms with E-state index in [9.17, 15) is 19.2 Å². The molecule has 300 valence electrons. The van der Waals surface area contributed by atoms with Gasteiger partial charge in [0.25, 0.3) is 0 Å². The molecular formula is C47H52N6O5. The van der Waals surface area contributed by atoms with Gasteiger partial charge in [-0.1, -0.05) is 66.4 Å². The van der Waals surface area contributed by atoms with Crippen LogP contribution in [0.1, 0.15) is 80.7 Å². The molecule has 2 aliphatic rings. The topological polar surface area (TPSA) is 124 Å². The van der Waals surface area contributed by atoms with E-state index in [1.807, 2.05) is 123 Å². The van der Waals surface area contributed by atoms with Gasteiger partial charge in [0, 0.05) is 63.1 Å². The Labute approximate surface area is 341 Å². The number of benzene rings is 4. The second-order valence-corrected chi connectivity index (χ2v) is 15.6. The average Bonchev–Trinajstić information content (AvgIpc) is 3.21. The first-order valence-electron chi connectivity index (χ1n) is 20.1. The lowest BCUT2D eigenvalue weighted by Crippen LogP contribution is -2.51. The number of fused-ring (bicyclic) bond motifs is 2. The van der Waals surface area contributed by atoms with Gasteiger partial charge in [0.2, 0.25) is 17.7 Å². The zero-order chi connectivity index (χ0) is 40.9. The first-order valence-corrected chi connectivity index (χ1v) is 20.1. The number of carbonyl (C=O) groups excluding carboxylic acids is 4. The summed E-state index contributed by atoms with van der Waals surface area (Å²) in [6, 6.07) is 31.3. The Balaban J connectivity index is 0.862. The minimum absolute atomic E-state index is 0.0632. The fourth-order valence-corrected chi connectivity index (χ4v) is 6.83. The van der Waals surface area contributed by atoms with Crippen LogP contribution in [-0.4, -0.2) is 71.9 Å². The van der Waals surface area contributed by atoms with Gasteiger partial charge >= 0.3 is 6.09 Å². The number of hydrogen-bond acceptors (Lipinski definition) is 7. The number of carbonyl (C=O) groups is 4. The zero-order valence-electron chi connectivity index (χ0n) is 33.7. The van der Waals surface area contributed by atoms with Gasteiger partial charge in [-0.3, -0.25) is 14.4 Å². The monoisotopic (exact) mass is 780 g/mol. The van der Waals surface area contributed by atoms with Crippen LogP contribution in [0.15, 0.2) is 107 Å². The number of rotatable bonds is 13. The first kappa shape index (κ1) is 41.4. The molecule has 0 radical (unpaired) electrons. The molecule has 4 aromatic carbocycles. The summed E-state index contributed by atoms with van der Waals surface area (Å²) in [5.41, 5.74) is 6.67. The summed E-state index contributed by atoms with van der Waals surface area (Å²) >= 11 is 0. The molecule has 58 heavy (non-hydrogen) atoms. The summed E-state index contributed by atoms with van der Waals surface area (Å²) in [4.78, 5) is 56.4. The largest absolute Gasteiger partial charge is 0.444 e. The van der Waals surface area contributed by atoms with Gasteiger partial charge in [-0.2, -0.15) is 10.2 Å². The highest BCUT2D eigenvalue weighted by molar-refractivity contribution is 5.95. The minimum atomic E-state index is -0.536. The molecule has 0 atom stereocenters. The fraction of sp³-hybridized carbons (Fsp3) is 0.362. The number of hydrogen-bond donors (Lipinski definition) is 1. The molecule has 6 rings (SSSR count). The third kappa shape index (κ3) is 12.1. The van der Waals surface area contributed by atoms with E-state index >= 15 is 0 Å². The Kier molecular flexibility index (Phi) is 14.1. The van der Waals surface area contributed by atoms with E-state index in [0.29, 0.717) is 52.0 Å². The number of amides is 4. The molecule has 4 aromatic rings. The molecule has 11 nitrogen and oxygen atoms in total. The van der Waals surface area contributed by atoms with Crippen molar-refractivity contribution in [1.82, 2.24) is 15.1 Å². The average molecular weight is 781 g/mol. The Hall–Kier alpha value is -6.28. The van der Waals surface area contributed by atoms with Crippen molar-refractivity contribution in [3.8, 4) is 11.8 Å². The second-order valence-electron chi connectivity index (χ2n) is 15.6. The predicted octanol–water partition coefficient (Wildman–Crippen LogP) is 8.28. The molecule has 1 fully saturated rings. The Morgan fingerprint density at radius 1 is 0.655 bits per heavy atom. The molecule has 4 amide bonds. The molecule has 1 saturated heterocycles. The number of nitrogens with one attached hydrogen (secondary N) is 1. The summed E-state index contributed by atoms with van der Waals surface area (Å²) in [6.45, 7) is 8.25. The molecule has 0 aromatic heterocycles. The van der Waals surface area contributed by atoms with Crippen LogP contribution < -0.4 is 10.2 Å². The lowest BCUT2D eigenvalue weighted by Gasteiger charge is -2.35. The molecule has 0 spiro atoms. The van der Waals surface area contributed by atoms with Crippen molar-refractivity contribution in [3.05, 3.63) is 125 Å². The summed E-state index contributed by atoms with van der Waals surface area (Å²) in [6.07, 6.45) is 3.64. The highest BCUT2D eigenvalue weighted by atomic mass is 16.6. The first-order chi connectivity index (χ1) is 28.0. The third-order valence-electron chi connectivity index (χ3n) is 10.00. The fourth-order valence-electron chi connectivity index (χ4n) is 6.83. The van der Waals surface area contributed by atoms with Crippen molar-refractivity contribution in [1.29, 1.82) is 0 Å². The number of anilines is 1. The predicted molar refractivity (Wildman–Crippen MR) is 225 cm³/mol. The Bertz CT molecular complexity index is 2160. The van der Waals surface area contributed by atoms with Gasteiger partial charge in [-0.25, -0.2) is 4.79 Å². The molecule has 0 bridgehead atoms. The highest BCUT2D eigenvalue weighted by Gasteiger charge is 2.27. The molecule has 2 aliphatic heterocycles. The third-order valence-corrected chi connectivity index (χ3v) is 10.00. The van der Waals surface area contributed by atoms with Crippen molar-refractivity contribution in [2.45, 2.75) is 77.9 Å². The minimum Gasteiger partial charge on any atom is -0.444 e. The normalized spacial score (nSPS) is 13.7. The van der Waals surface area contributed by atoms with Gasteiger partial charge in [-0.05, 0) is 106 Å². The smallest absolute Gasteiger partial charge is 0.410 e. The van der Waals surface area contributed by atoms with Crippen LogP contribution in [0.2, 0.25) is 0 Å².